The molecule has 0 aromatic heterocycles. The SMILES string of the molecule is CCNC(=O)[C@H](Cc1ccccc1)N(Cc1ccccc1C)C(=O)COc1ccc(Cl)cc1Br. The van der Waals surface area contributed by atoms with Crippen molar-refractivity contribution in [2.75, 3.05) is 13.2 Å². The molecule has 0 aliphatic heterocycles. The Kier molecular flexibility index (Phi) is 9.54. The van der Waals surface area contributed by atoms with Crippen LogP contribution in [-0.4, -0.2) is 35.9 Å². The molecule has 178 valence electrons. The molecule has 0 heterocycles. The van der Waals surface area contributed by atoms with Crippen LogP contribution in [0, 0.1) is 6.92 Å². The van der Waals surface area contributed by atoms with E-state index in [-0.39, 0.29) is 18.4 Å². The van der Waals surface area contributed by atoms with E-state index in [2.05, 4.69) is 21.2 Å². The first kappa shape index (κ1) is 25.8. The van der Waals surface area contributed by atoms with Crippen molar-refractivity contribution in [2.45, 2.75) is 32.9 Å². The molecule has 1 N–H and O–H groups in total. The topological polar surface area (TPSA) is 58.6 Å². The third-order valence-corrected chi connectivity index (χ3v) is 6.32. The van der Waals surface area contributed by atoms with Gasteiger partial charge in [-0.05, 0) is 64.7 Å². The summed E-state index contributed by atoms with van der Waals surface area (Å²) in [5, 5.41) is 3.46. The first-order valence-electron chi connectivity index (χ1n) is 11.1. The van der Waals surface area contributed by atoms with Crippen molar-refractivity contribution in [3.63, 3.8) is 0 Å². The van der Waals surface area contributed by atoms with Crippen LogP contribution in [-0.2, 0) is 22.6 Å². The van der Waals surface area contributed by atoms with E-state index >= 15 is 0 Å². The second kappa shape index (κ2) is 12.6. The Morgan fingerprint density at radius 3 is 2.44 bits per heavy atom. The number of carbonyl (C=O) groups is 2. The highest BCUT2D eigenvalue weighted by molar-refractivity contribution is 9.10. The highest BCUT2D eigenvalue weighted by atomic mass is 79.9. The number of ether oxygens (including phenoxy) is 1. The monoisotopic (exact) mass is 542 g/mol. The fraction of sp³-hybridized carbons (Fsp3) is 0.259. The number of likely N-dealkylation sites (N-methyl/N-ethyl adjacent to an activating group) is 1. The van der Waals surface area contributed by atoms with Crippen molar-refractivity contribution < 1.29 is 14.3 Å². The lowest BCUT2D eigenvalue weighted by molar-refractivity contribution is -0.142. The zero-order chi connectivity index (χ0) is 24.5. The molecule has 34 heavy (non-hydrogen) atoms. The normalized spacial score (nSPS) is 11.5. The van der Waals surface area contributed by atoms with Crippen molar-refractivity contribution in [3.8, 4) is 5.75 Å². The lowest BCUT2D eigenvalue weighted by Crippen LogP contribution is -2.51. The number of benzene rings is 3. The Morgan fingerprint density at radius 2 is 1.76 bits per heavy atom. The molecular weight excluding hydrogens is 516 g/mol. The number of halogens is 2. The summed E-state index contributed by atoms with van der Waals surface area (Å²) in [6.45, 7) is 4.43. The van der Waals surface area contributed by atoms with Gasteiger partial charge in [0.15, 0.2) is 6.61 Å². The number of hydrogen-bond acceptors (Lipinski definition) is 3. The third-order valence-electron chi connectivity index (χ3n) is 5.47. The van der Waals surface area contributed by atoms with Crippen molar-refractivity contribution in [3.05, 3.63) is 99.0 Å². The maximum absolute atomic E-state index is 13.5. The van der Waals surface area contributed by atoms with Gasteiger partial charge in [-0.2, -0.15) is 0 Å². The molecule has 0 saturated carbocycles. The Labute approximate surface area is 214 Å². The maximum Gasteiger partial charge on any atom is 0.261 e. The van der Waals surface area contributed by atoms with Gasteiger partial charge in [-0.15, -0.1) is 0 Å². The number of nitrogens with one attached hydrogen (secondary N) is 1. The Balaban J connectivity index is 1.91. The summed E-state index contributed by atoms with van der Waals surface area (Å²) in [6.07, 6.45) is 0.398. The minimum absolute atomic E-state index is 0.194. The number of aryl methyl sites for hydroxylation is 1. The molecule has 3 rings (SSSR count). The molecule has 0 fully saturated rings. The smallest absolute Gasteiger partial charge is 0.261 e. The van der Waals surface area contributed by atoms with Crippen LogP contribution in [0.1, 0.15) is 23.6 Å². The molecule has 0 aliphatic rings. The van der Waals surface area contributed by atoms with Gasteiger partial charge in [-0.25, -0.2) is 0 Å². The molecule has 0 unspecified atom stereocenters. The minimum Gasteiger partial charge on any atom is -0.483 e. The summed E-state index contributed by atoms with van der Waals surface area (Å²) in [5.74, 6) is 0.0319. The van der Waals surface area contributed by atoms with E-state index < -0.39 is 6.04 Å². The first-order chi connectivity index (χ1) is 16.4. The average molecular weight is 544 g/mol. The van der Waals surface area contributed by atoms with Crippen LogP contribution < -0.4 is 10.1 Å². The highest BCUT2D eigenvalue weighted by Gasteiger charge is 2.30. The van der Waals surface area contributed by atoms with Gasteiger partial charge in [0.25, 0.3) is 5.91 Å². The zero-order valence-electron chi connectivity index (χ0n) is 19.3. The fourth-order valence-corrected chi connectivity index (χ4v) is 4.43. The predicted octanol–water partition coefficient (Wildman–Crippen LogP) is 5.57. The van der Waals surface area contributed by atoms with Crippen LogP contribution in [0.2, 0.25) is 5.02 Å². The molecule has 0 radical (unpaired) electrons. The summed E-state index contributed by atoms with van der Waals surface area (Å²) >= 11 is 9.43. The van der Waals surface area contributed by atoms with Gasteiger partial charge in [-0.1, -0.05) is 66.2 Å². The second-order valence-electron chi connectivity index (χ2n) is 7.91. The van der Waals surface area contributed by atoms with Crippen LogP contribution in [0.25, 0.3) is 0 Å². The van der Waals surface area contributed by atoms with Crippen molar-refractivity contribution >= 4 is 39.3 Å². The number of amides is 2. The van der Waals surface area contributed by atoms with Gasteiger partial charge in [0, 0.05) is 24.5 Å². The van der Waals surface area contributed by atoms with Gasteiger partial charge >= 0.3 is 0 Å². The molecule has 7 heteroatoms. The van der Waals surface area contributed by atoms with Gasteiger partial charge in [0.05, 0.1) is 4.47 Å². The lowest BCUT2D eigenvalue weighted by atomic mass is 10.0. The maximum atomic E-state index is 13.5. The summed E-state index contributed by atoms with van der Waals surface area (Å²) in [6, 6.07) is 22.0. The molecular formula is C27H28BrClN2O3. The zero-order valence-corrected chi connectivity index (χ0v) is 21.6. The summed E-state index contributed by atoms with van der Waals surface area (Å²) < 4.78 is 6.47. The third kappa shape index (κ3) is 7.08. The quantitative estimate of drug-likeness (QED) is 0.364. The summed E-state index contributed by atoms with van der Waals surface area (Å²) in [7, 11) is 0. The van der Waals surface area contributed by atoms with Crippen molar-refractivity contribution in [2.24, 2.45) is 0 Å². The van der Waals surface area contributed by atoms with E-state index in [1.54, 1.807) is 23.1 Å². The molecule has 5 nitrogen and oxygen atoms in total. The molecule has 0 saturated heterocycles. The molecule has 3 aromatic carbocycles. The van der Waals surface area contributed by atoms with E-state index in [4.69, 9.17) is 16.3 Å². The van der Waals surface area contributed by atoms with Crippen molar-refractivity contribution in [1.29, 1.82) is 0 Å². The minimum atomic E-state index is -0.688. The fourth-order valence-electron chi connectivity index (χ4n) is 3.63. The second-order valence-corrected chi connectivity index (χ2v) is 9.20. The molecule has 2 amide bonds. The largest absolute Gasteiger partial charge is 0.483 e. The Bertz CT molecular complexity index is 1120. The van der Waals surface area contributed by atoms with Crippen LogP contribution >= 0.6 is 27.5 Å². The number of rotatable bonds is 10. The number of nitrogens with zero attached hydrogens (tertiary/aromatic N) is 1. The van der Waals surface area contributed by atoms with Gasteiger partial charge < -0.3 is 15.0 Å². The van der Waals surface area contributed by atoms with Crippen LogP contribution in [0.15, 0.2) is 77.3 Å². The molecule has 0 bridgehead atoms. The van der Waals surface area contributed by atoms with Gasteiger partial charge in [-0.3, -0.25) is 9.59 Å². The van der Waals surface area contributed by atoms with E-state index in [1.807, 2.05) is 68.4 Å². The van der Waals surface area contributed by atoms with Crippen molar-refractivity contribution in [1.82, 2.24) is 10.2 Å². The average Bonchev–Trinajstić information content (AvgIpc) is 2.82. The number of carbonyl (C=O) groups excluding carboxylic acids is 2. The van der Waals surface area contributed by atoms with Gasteiger partial charge in [0.1, 0.15) is 11.8 Å². The molecule has 0 aliphatic carbocycles. The first-order valence-corrected chi connectivity index (χ1v) is 12.3. The molecule has 3 aromatic rings. The molecule has 1 atom stereocenters. The highest BCUT2D eigenvalue weighted by Crippen LogP contribution is 2.28. The van der Waals surface area contributed by atoms with E-state index in [0.29, 0.717) is 34.8 Å². The van der Waals surface area contributed by atoms with Crippen LogP contribution in [0.3, 0.4) is 0 Å². The van der Waals surface area contributed by atoms with E-state index in [0.717, 1.165) is 16.7 Å². The lowest BCUT2D eigenvalue weighted by Gasteiger charge is -2.32. The summed E-state index contributed by atoms with van der Waals surface area (Å²) in [5.41, 5.74) is 3.00. The molecule has 0 spiro atoms. The standard InChI is InChI=1S/C27H28BrClN2O3/c1-3-30-27(33)24(15-20-10-5-4-6-11-20)31(17-21-12-8-7-9-19(21)2)26(32)18-34-25-14-13-22(29)16-23(25)28/h4-14,16,24H,3,15,17-18H2,1-2H3,(H,30,33)/t24-/m0/s1. The summed E-state index contributed by atoms with van der Waals surface area (Å²) in [4.78, 5) is 28.3. The van der Waals surface area contributed by atoms with Gasteiger partial charge in [0.2, 0.25) is 5.91 Å². The van der Waals surface area contributed by atoms with Crippen LogP contribution in [0.4, 0.5) is 0 Å². The predicted molar refractivity (Wildman–Crippen MR) is 139 cm³/mol. The Morgan fingerprint density at radius 1 is 1.06 bits per heavy atom. The Hall–Kier alpha value is -2.83. The number of hydrogen-bond donors (Lipinski definition) is 1. The van der Waals surface area contributed by atoms with Crippen LogP contribution in [0.5, 0.6) is 5.75 Å². The van der Waals surface area contributed by atoms with E-state index in [9.17, 15) is 9.59 Å². The van der Waals surface area contributed by atoms with E-state index in [1.165, 1.54) is 0 Å².